The van der Waals surface area contributed by atoms with E-state index in [-0.39, 0.29) is 16.7 Å². The van der Waals surface area contributed by atoms with Crippen molar-refractivity contribution in [2.24, 2.45) is 0 Å². The van der Waals surface area contributed by atoms with Gasteiger partial charge in [0, 0.05) is 35.2 Å². The number of hydrogen-bond acceptors (Lipinski definition) is 4. The zero-order valence-electron chi connectivity index (χ0n) is 10.8. The van der Waals surface area contributed by atoms with Crippen LogP contribution in [0, 0.1) is 10.1 Å². The minimum Gasteiger partial charge on any atom is -0.309 e. The number of benzene rings is 1. The molecule has 0 radical (unpaired) electrons. The van der Waals surface area contributed by atoms with E-state index >= 15 is 0 Å². The first-order chi connectivity index (χ1) is 8.40. The minimum absolute atomic E-state index is 0.147. The van der Waals surface area contributed by atoms with Gasteiger partial charge < -0.3 is 10.2 Å². The molecule has 0 aliphatic carbocycles. The summed E-state index contributed by atoms with van der Waals surface area (Å²) < 4.78 is 0.722. The maximum atomic E-state index is 10.9. The lowest BCUT2D eigenvalue weighted by molar-refractivity contribution is -0.385. The third kappa shape index (κ3) is 4.72. The van der Waals surface area contributed by atoms with Gasteiger partial charge in [-0.3, -0.25) is 10.1 Å². The van der Waals surface area contributed by atoms with Crippen LogP contribution in [0.15, 0.2) is 22.7 Å². The van der Waals surface area contributed by atoms with E-state index in [0.29, 0.717) is 12.1 Å². The Morgan fingerprint density at radius 1 is 1.50 bits per heavy atom. The highest BCUT2D eigenvalue weighted by Gasteiger charge is 2.14. The molecular weight excluding hydrogens is 298 g/mol. The van der Waals surface area contributed by atoms with E-state index in [1.165, 1.54) is 6.07 Å². The molecule has 1 aromatic rings. The summed E-state index contributed by atoms with van der Waals surface area (Å²) in [5.41, 5.74) is 0.850. The Kier molecular flexibility index (Phi) is 5.71. The molecular formula is C12H18BrN3O2. The van der Waals surface area contributed by atoms with Crippen LogP contribution in [0.2, 0.25) is 0 Å². The van der Waals surface area contributed by atoms with Gasteiger partial charge in [0.05, 0.1) is 4.92 Å². The van der Waals surface area contributed by atoms with Gasteiger partial charge in [0.2, 0.25) is 0 Å². The van der Waals surface area contributed by atoms with Crippen LogP contribution in [-0.4, -0.2) is 36.5 Å². The number of nitrogens with one attached hydrogen (secondary N) is 1. The SMILES string of the molecule is CC(CN(C)C)NCc1ccc(Br)cc1[N+](=O)[O-]. The van der Waals surface area contributed by atoms with Crippen molar-refractivity contribution in [1.29, 1.82) is 0 Å². The summed E-state index contributed by atoms with van der Waals surface area (Å²) in [6.07, 6.45) is 0. The van der Waals surface area contributed by atoms with E-state index in [0.717, 1.165) is 11.0 Å². The zero-order valence-corrected chi connectivity index (χ0v) is 12.4. The molecule has 6 heteroatoms. The molecule has 0 aliphatic heterocycles. The van der Waals surface area contributed by atoms with E-state index < -0.39 is 0 Å². The van der Waals surface area contributed by atoms with E-state index in [1.54, 1.807) is 6.07 Å². The summed E-state index contributed by atoms with van der Waals surface area (Å²) in [5, 5.41) is 14.2. The summed E-state index contributed by atoms with van der Waals surface area (Å²) >= 11 is 3.25. The molecule has 100 valence electrons. The quantitative estimate of drug-likeness (QED) is 0.647. The largest absolute Gasteiger partial charge is 0.309 e. The molecule has 1 N–H and O–H groups in total. The maximum Gasteiger partial charge on any atom is 0.275 e. The molecule has 5 nitrogen and oxygen atoms in total. The number of hydrogen-bond donors (Lipinski definition) is 1. The van der Waals surface area contributed by atoms with Gasteiger partial charge in [-0.15, -0.1) is 0 Å². The Morgan fingerprint density at radius 2 is 2.17 bits per heavy atom. The highest BCUT2D eigenvalue weighted by Crippen LogP contribution is 2.23. The maximum absolute atomic E-state index is 10.9. The molecule has 1 atom stereocenters. The molecule has 0 aliphatic rings. The molecule has 0 saturated carbocycles. The monoisotopic (exact) mass is 315 g/mol. The van der Waals surface area contributed by atoms with Gasteiger partial charge in [0.15, 0.2) is 0 Å². The Hall–Kier alpha value is -0.980. The number of nitro groups is 1. The van der Waals surface area contributed by atoms with Gasteiger partial charge in [-0.2, -0.15) is 0 Å². The topological polar surface area (TPSA) is 58.4 Å². The predicted octanol–water partition coefficient (Wildman–Crippen LogP) is 2.40. The molecule has 1 unspecified atom stereocenters. The second-order valence-corrected chi connectivity index (χ2v) is 5.49. The highest BCUT2D eigenvalue weighted by atomic mass is 79.9. The summed E-state index contributed by atoms with van der Waals surface area (Å²) in [7, 11) is 4.00. The number of nitrogens with zero attached hydrogens (tertiary/aromatic N) is 2. The fourth-order valence-corrected chi connectivity index (χ4v) is 2.10. The number of nitro benzene ring substituents is 1. The van der Waals surface area contributed by atoms with Gasteiger partial charge in [-0.05, 0) is 33.2 Å². The van der Waals surface area contributed by atoms with Crippen LogP contribution in [0.4, 0.5) is 5.69 Å². The van der Waals surface area contributed by atoms with E-state index in [9.17, 15) is 10.1 Å². The van der Waals surface area contributed by atoms with Crippen molar-refractivity contribution in [2.75, 3.05) is 20.6 Å². The third-order valence-electron chi connectivity index (χ3n) is 2.52. The number of halogens is 1. The number of rotatable bonds is 6. The van der Waals surface area contributed by atoms with Crippen molar-refractivity contribution in [2.45, 2.75) is 19.5 Å². The van der Waals surface area contributed by atoms with E-state index in [4.69, 9.17) is 0 Å². The second-order valence-electron chi connectivity index (χ2n) is 4.57. The van der Waals surface area contributed by atoms with Crippen molar-refractivity contribution >= 4 is 21.6 Å². The molecule has 0 bridgehead atoms. The summed E-state index contributed by atoms with van der Waals surface area (Å²) in [5.74, 6) is 0. The molecule has 1 aromatic carbocycles. The third-order valence-corrected chi connectivity index (χ3v) is 3.02. The van der Waals surface area contributed by atoms with Gasteiger partial charge in [-0.1, -0.05) is 15.9 Å². The Bertz CT molecular complexity index is 424. The molecule has 0 heterocycles. The van der Waals surface area contributed by atoms with Crippen molar-refractivity contribution in [3.63, 3.8) is 0 Å². The molecule has 0 fully saturated rings. The average molecular weight is 316 g/mol. The fourth-order valence-electron chi connectivity index (χ4n) is 1.75. The van der Waals surface area contributed by atoms with Crippen molar-refractivity contribution in [3.8, 4) is 0 Å². The van der Waals surface area contributed by atoms with E-state index in [2.05, 4.69) is 33.1 Å². The van der Waals surface area contributed by atoms with Gasteiger partial charge in [-0.25, -0.2) is 0 Å². The zero-order chi connectivity index (χ0) is 13.7. The Labute approximate surface area is 115 Å². The molecule has 0 aromatic heterocycles. The van der Waals surface area contributed by atoms with Gasteiger partial charge in [0.1, 0.15) is 0 Å². The lowest BCUT2D eigenvalue weighted by Crippen LogP contribution is -2.35. The van der Waals surface area contributed by atoms with Crippen LogP contribution < -0.4 is 5.32 Å². The van der Waals surface area contributed by atoms with Crippen LogP contribution in [0.5, 0.6) is 0 Å². The van der Waals surface area contributed by atoms with Crippen molar-refractivity contribution < 1.29 is 4.92 Å². The molecule has 18 heavy (non-hydrogen) atoms. The van der Waals surface area contributed by atoms with Gasteiger partial charge in [0.25, 0.3) is 5.69 Å². The van der Waals surface area contributed by atoms with Crippen molar-refractivity contribution in [3.05, 3.63) is 38.3 Å². The first-order valence-electron chi connectivity index (χ1n) is 5.71. The van der Waals surface area contributed by atoms with Crippen molar-refractivity contribution in [1.82, 2.24) is 10.2 Å². The first kappa shape index (κ1) is 15.1. The lowest BCUT2D eigenvalue weighted by Gasteiger charge is -2.18. The van der Waals surface area contributed by atoms with Crippen LogP contribution in [0.25, 0.3) is 0 Å². The summed E-state index contributed by atoms with van der Waals surface area (Å²) in [6.45, 7) is 3.45. The fraction of sp³-hybridized carbons (Fsp3) is 0.500. The highest BCUT2D eigenvalue weighted by molar-refractivity contribution is 9.10. The Balaban J connectivity index is 2.70. The first-order valence-corrected chi connectivity index (χ1v) is 6.50. The predicted molar refractivity (Wildman–Crippen MR) is 75.7 cm³/mol. The Morgan fingerprint density at radius 3 is 2.72 bits per heavy atom. The standard InChI is InChI=1S/C12H18BrN3O2/c1-9(8-15(2)3)14-7-10-4-5-11(13)6-12(10)16(17)18/h4-6,9,14H,7-8H2,1-3H3. The van der Waals surface area contributed by atoms with Crippen LogP contribution in [-0.2, 0) is 6.54 Å². The van der Waals surface area contributed by atoms with Crippen LogP contribution >= 0.6 is 15.9 Å². The number of likely N-dealkylation sites (N-methyl/N-ethyl adjacent to an activating group) is 1. The molecule has 0 saturated heterocycles. The minimum atomic E-state index is -0.349. The van der Waals surface area contributed by atoms with E-state index in [1.807, 2.05) is 20.2 Å². The van der Waals surface area contributed by atoms with Gasteiger partial charge >= 0.3 is 0 Å². The summed E-state index contributed by atoms with van der Waals surface area (Å²) in [6, 6.07) is 5.41. The normalized spacial score (nSPS) is 12.7. The van der Waals surface area contributed by atoms with Crippen LogP contribution in [0.1, 0.15) is 12.5 Å². The van der Waals surface area contributed by atoms with Crippen LogP contribution in [0.3, 0.4) is 0 Å². The lowest BCUT2D eigenvalue weighted by atomic mass is 10.1. The molecule has 0 amide bonds. The average Bonchev–Trinajstić information content (AvgIpc) is 2.26. The molecule has 1 rings (SSSR count). The second kappa shape index (κ2) is 6.82. The smallest absolute Gasteiger partial charge is 0.275 e. The summed E-state index contributed by atoms with van der Waals surface area (Å²) in [4.78, 5) is 12.7. The molecule has 0 spiro atoms.